The fourth-order valence-corrected chi connectivity index (χ4v) is 1.93. The molecule has 2 atom stereocenters. The maximum atomic E-state index is 4.11. The molecule has 1 aliphatic rings. The Hall–Kier alpha value is -0.260. The Labute approximate surface area is 70.7 Å². The Kier molecular flexibility index (Phi) is 2.13. The molecule has 0 amide bonds. The first-order chi connectivity index (χ1) is 4.90. The van der Waals surface area contributed by atoms with Crippen LogP contribution in [0.4, 0.5) is 0 Å². The van der Waals surface area contributed by atoms with Gasteiger partial charge >= 0.3 is 0 Å². The highest BCUT2D eigenvalue weighted by molar-refractivity contribution is 5.15. The number of rotatable bonds is 1. The normalized spacial score (nSPS) is 31.8. The summed E-state index contributed by atoms with van der Waals surface area (Å²) < 4.78 is 0. The maximum Gasteiger partial charge on any atom is -0.0193 e. The fourth-order valence-electron chi connectivity index (χ4n) is 1.93. The van der Waals surface area contributed by atoms with Crippen molar-refractivity contribution in [1.82, 2.24) is 0 Å². The molecule has 0 bridgehead atoms. The number of hydrogen-bond donors (Lipinski definition) is 0. The molecule has 1 fully saturated rings. The molecule has 0 heteroatoms. The summed E-state index contributed by atoms with van der Waals surface area (Å²) >= 11 is 0. The third-order valence-corrected chi connectivity index (χ3v) is 2.65. The molecule has 0 heterocycles. The van der Waals surface area contributed by atoms with Crippen molar-refractivity contribution in [1.29, 1.82) is 0 Å². The van der Waals surface area contributed by atoms with Gasteiger partial charge in [-0.25, -0.2) is 0 Å². The van der Waals surface area contributed by atoms with E-state index in [0.717, 1.165) is 11.8 Å². The van der Waals surface area contributed by atoms with E-state index in [1.165, 1.54) is 18.4 Å². The van der Waals surface area contributed by atoms with Crippen LogP contribution in [0.2, 0.25) is 0 Å². The van der Waals surface area contributed by atoms with E-state index >= 15 is 0 Å². The Balaban J connectivity index is 2.37. The standard InChI is InChI=1S/C11H20/c1-8-6-10(9(8)2)7-11(3,4)5/h8,10H,2,6-7H2,1,3-5H3. The molecule has 1 rings (SSSR count). The summed E-state index contributed by atoms with van der Waals surface area (Å²) in [6, 6.07) is 0. The van der Waals surface area contributed by atoms with Crippen LogP contribution >= 0.6 is 0 Å². The zero-order chi connectivity index (χ0) is 8.65. The van der Waals surface area contributed by atoms with E-state index in [1.807, 2.05) is 0 Å². The first-order valence-corrected chi connectivity index (χ1v) is 4.59. The van der Waals surface area contributed by atoms with E-state index in [-0.39, 0.29) is 0 Å². The second-order valence-electron chi connectivity index (χ2n) is 5.17. The highest BCUT2D eigenvalue weighted by Gasteiger charge is 2.32. The van der Waals surface area contributed by atoms with Crippen LogP contribution in [-0.4, -0.2) is 0 Å². The van der Waals surface area contributed by atoms with Crippen LogP contribution < -0.4 is 0 Å². The average molecular weight is 152 g/mol. The molecule has 0 aromatic heterocycles. The van der Waals surface area contributed by atoms with Crippen molar-refractivity contribution < 1.29 is 0 Å². The molecule has 0 nitrogen and oxygen atoms in total. The molecular weight excluding hydrogens is 132 g/mol. The Morgan fingerprint density at radius 2 is 2.00 bits per heavy atom. The second kappa shape index (κ2) is 2.66. The Bertz CT molecular complexity index is 159. The molecular formula is C11H20. The van der Waals surface area contributed by atoms with Gasteiger partial charge in [-0.15, -0.1) is 0 Å². The summed E-state index contributed by atoms with van der Waals surface area (Å²) in [5.41, 5.74) is 1.97. The number of hydrogen-bond acceptors (Lipinski definition) is 0. The van der Waals surface area contributed by atoms with Crippen LogP contribution in [0.1, 0.15) is 40.5 Å². The lowest BCUT2D eigenvalue weighted by atomic mass is 9.66. The summed E-state index contributed by atoms with van der Waals surface area (Å²) in [6.45, 7) is 13.3. The van der Waals surface area contributed by atoms with Crippen molar-refractivity contribution in [2.24, 2.45) is 17.3 Å². The summed E-state index contributed by atoms with van der Waals surface area (Å²) in [5, 5.41) is 0. The lowest BCUT2D eigenvalue weighted by Gasteiger charge is -2.39. The molecule has 0 aromatic rings. The van der Waals surface area contributed by atoms with Gasteiger partial charge in [0.1, 0.15) is 0 Å². The number of allylic oxidation sites excluding steroid dienone is 1. The van der Waals surface area contributed by atoms with Gasteiger partial charge in [0.15, 0.2) is 0 Å². The van der Waals surface area contributed by atoms with E-state index in [9.17, 15) is 0 Å². The minimum Gasteiger partial charge on any atom is -0.0993 e. The van der Waals surface area contributed by atoms with Crippen LogP contribution in [-0.2, 0) is 0 Å². The SMILES string of the molecule is C=C1C(C)CC1CC(C)(C)C. The third-order valence-electron chi connectivity index (χ3n) is 2.65. The molecule has 0 N–H and O–H groups in total. The lowest BCUT2D eigenvalue weighted by Crippen LogP contribution is -2.28. The van der Waals surface area contributed by atoms with Crippen LogP contribution in [0.15, 0.2) is 12.2 Å². The molecule has 0 radical (unpaired) electrons. The van der Waals surface area contributed by atoms with Crippen molar-refractivity contribution >= 4 is 0 Å². The maximum absolute atomic E-state index is 4.11. The second-order valence-corrected chi connectivity index (χ2v) is 5.17. The Morgan fingerprint density at radius 3 is 2.27 bits per heavy atom. The molecule has 11 heavy (non-hydrogen) atoms. The molecule has 1 aliphatic carbocycles. The topological polar surface area (TPSA) is 0 Å². The van der Waals surface area contributed by atoms with Crippen LogP contribution in [0.25, 0.3) is 0 Å². The highest BCUT2D eigenvalue weighted by atomic mass is 14.4. The first kappa shape index (κ1) is 8.83. The Morgan fingerprint density at radius 1 is 1.45 bits per heavy atom. The minimum atomic E-state index is 0.480. The van der Waals surface area contributed by atoms with E-state index in [4.69, 9.17) is 0 Å². The predicted molar refractivity (Wildman–Crippen MR) is 50.5 cm³/mol. The van der Waals surface area contributed by atoms with Gasteiger partial charge < -0.3 is 0 Å². The highest BCUT2D eigenvalue weighted by Crippen LogP contribution is 2.44. The van der Waals surface area contributed by atoms with Crippen molar-refractivity contribution in [3.63, 3.8) is 0 Å². The van der Waals surface area contributed by atoms with Crippen molar-refractivity contribution in [2.45, 2.75) is 40.5 Å². The molecule has 64 valence electrons. The first-order valence-electron chi connectivity index (χ1n) is 4.59. The minimum absolute atomic E-state index is 0.480. The molecule has 0 saturated heterocycles. The monoisotopic (exact) mass is 152 g/mol. The quantitative estimate of drug-likeness (QED) is 0.503. The largest absolute Gasteiger partial charge is 0.0993 e. The summed E-state index contributed by atoms with van der Waals surface area (Å²) in [4.78, 5) is 0. The van der Waals surface area contributed by atoms with Gasteiger partial charge in [-0.2, -0.15) is 0 Å². The molecule has 0 aliphatic heterocycles. The molecule has 0 aromatic carbocycles. The van der Waals surface area contributed by atoms with Crippen LogP contribution in [0.5, 0.6) is 0 Å². The summed E-state index contributed by atoms with van der Waals surface area (Å²) in [5.74, 6) is 1.62. The van der Waals surface area contributed by atoms with Gasteiger partial charge in [0, 0.05) is 0 Å². The zero-order valence-electron chi connectivity index (χ0n) is 8.28. The average Bonchev–Trinajstić information content (AvgIpc) is 1.84. The van der Waals surface area contributed by atoms with E-state index in [1.54, 1.807) is 0 Å². The summed E-state index contributed by atoms with van der Waals surface area (Å²) in [7, 11) is 0. The van der Waals surface area contributed by atoms with Gasteiger partial charge in [0.05, 0.1) is 0 Å². The van der Waals surface area contributed by atoms with Crippen LogP contribution in [0.3, 0.4) is 0 Å². The zero-order valence-corrected chi connectivity index (χ0v) is 8.28. The van der Waals surface area contributed by atoms with Gasteiger partial charge in [-0.05, 0) is 30.1 Å². The van der Waals surface area contributed by atoms with Gasteiger partial charge in [-0.3, -0.25) is 0 Å². The summed E-state index contributed by atoms with van der Waals surface area (Å²) in [6.07, 6.45) is 2.69. The third kappa shape index (κ3) is 2.08. The fraction of sp³-hybridized carbons (Fsp3) is 0.818. The van der Waals surface area contributed by atoms with Crippen LogP contribution in [0, 0.1) is 17.3 Å². The lowest BCUT2D eigenvalue weighted by molar-refractivity contribution is 0.230. The molecule has 0 spiro atoms. The van der Waals surface area contributed by atoms with E-state index in [0.29, 0.717) is 5.41 Å². The van der Waals surface area contributed by atoms with Gasteiger partial charge in [0.25, 0.3) is 0 Å². The van der Waals surface area contributed by atoms with E-state index < -0.39 is 0 Å². The predicted octanol–water partition coefficient (Wildman–Crippen LogP) is 3.63. The molecule has 1 saturated carbocycles. The van der Waals surface area contributed by atoms with Crippen molar-refractivity contribution in [3.05, 3.63) is 12.2 Å². The van der Waals surface area contributed by atoms with Crippen molar-refractivity contribution in [3.8, 4) is 0 Å². The van der Waals surface area contributed by atoms with Gasteiger partial charge in [-0.1, -0.05) is 39.8 Å². The molecule has 2 unspecified atom stereocenters. The van der Waals surface area contributed by atoms with Crippen molar-refractivity contribution in [2.75, 3.05) is 0 Å². The smallest absolute Gasteiger partial charge is 0.0193 e. The van der Waals surface area contributed by atoms with Gasteiger partial charge in [0.2, 0.25) is 0 Å². The van der Waals surface area contributed by atoms with E-state index in [2.05, 4.69) is 34.3 Å².